The van der Waals surface area contributed by atoms with Crippen molar-refractivity contribution in [1.82, 2.24) is 0 Å². The van der Waals surface area contributed by atoms with Crippen LogP contribution >= 0.6 is 12.2 Å². The third-order valence-corrected chi connectivity index (χ3v) is 1.37. The van der Waals surface area contributed by atoms with Gasteiger partial charge in [0.1, 0.15) is 0 Å². The van der Waals surface area contributed by atoms with Gasteiger partial charge in [-0.2, -0.15) is 0 Å². The quantitative estimate of drug-likeness (QED) is 0.491. The van der Waals surface area contributed by atoms with Crippen molar-refractivity contribution in [3.8, 4) is 0 Å². The van der Waals surface area contributed by atoms with Crippen LogP contribution in [-0.4, -0.2) is 18.1 Å². The molecule has 0 bridgehead atoms. The summed E-state index contributed by atoms with van der Waals surface area (Å²) in [5.74, 6) is 0. The van der Waals surface area contributed by atoms with Gasteiger partial charge in [-0.3, -0.25) is 4.99 Å². The van der Waals surface area contributed by atoms with Crippen molar-refractivity contribution >= 4 is 23.8 Å². The fourth-order valence-corrected chi connectivity index (χ4v) is 0.826. The fraction of sp³-hybridized carbons (Fsp3) is 0.111. The van der Waals surface area contributed by atoms with Crippen molar-refractivity contribution in [2.24, 2.45) is 4.99 Å². The molecule has 0 heterocycles. The Bertz CT molecular complexity index is 241. The maximum atomic E-state index is 4.63. The molecule has 0 N–H and O–H groups in total. The largest absolute Gasteiger partial charge is 0.288 e. The second-order valence-electron chi connectivity index (χ2n) is 2.07. The van der Waals surface area contributed by atoms with Gasteiger partial charge in [-0.05, 0) is 5.56 Å². The van der Waals surface area contributed by atoms with Crippen LogP contribution in [0.4, 0.5) is 0 Å². The van der Waals surface area contributed by atoms with Crippen molar-refractivity contribution < 1.29 is 0 Å². The lowest BCUT2D eigenvalue weighted by Crippen LogP contribution is -1.82. The summed E-state index contributed by atoms with van der Waals surface area (Å²) in [6.07, 6.45) is 1.82. The highest BCUT2D eigenvalue weighted by Crippen LogP contribution is 1.93. The van der Waals surface area contributed by atoms with E-state index in [1.807, 2.05) is 36.5 Å². The van der Waals surface area contributed by atoms with Crippen LogP contribution in [0.2, 0.25) is 0 Å². The molecule has 0 amide bonds. The molecule has 0 fully saturated rings. The molecule has 2 heteroatoms. The number of nitrogens with zero attached hydrogens (tertiary/aromatic N) is 1. The Kier molecular flexibility index (Phi) is 3.48. The van der Waals surface area contributed by atoms with Crippen LogP contribution in [0.5, 0.6) is 0 Å². The Morgan fingerprint density at radius 2 is 2.00 bits per heavy atom. The van der Waals surface area contributed by atoms with Gasteiger partial charge in [0.05, 0.1) is 6.54 Å². The van der Waals surface area contributed by atoms with E-state index in [4.69, 9.17) is 0 Å². The first kappa shape index (κ1) is 8.08. The molecule has 0 saturated carbocycles. The summed E-state index contributed by atoms with van der Waals surface area (Å²) in [7, 11) is 0. The number of thiocarbonyl (C=S) groups is 1. The van der Waals surface area contributed by atoms with E-state index in [0.717, 1.165) is 5.56 Å². The molecular weight excluding hydrogens is 154 g/mol. The summed E-state index contributed by atoms with van der Waals surface area (Å²) in [6.45, 7) is 0.615. The van der Waals surface area contributed by atoms with Crippen molar-refractivity contribution in [3.05, 3.63) is 35.9 Å². The van der Waals surface area contributed by atoms with Crippen LogP contribution < -0.4 is 0 Å². The van der Waals surface area contributed by atoms with Gasteiger partial charge in [-0.25, -0.2) is 0 Å². The van der Waals surface area contributed by atoms with Crippen LogP contribution in [0.1, 0.15) is 5.56 Å². The molecule has 0 unspecified atom stereocenters. The Balaban J connectivity index is 2.57. The van der Waals surface area contributed by atoms with E-state index in [1.54, 1.807) is 5.37 Å². The minimum Gasteiger partial charge on any atom is -0.288 e. The summed E-state index contributed by atoms with van der Waals surface area (Å²) in [5, 5.41) is 1.61. The van der Waals surface area contributed by atoms with Gasteiger partial charge >= 0.3 is 0 Å². The van der Waals surface area contributed by atoms with E-state index in [1.165, 1.54) is 0 Å². The van der Waals surface area contributed by atoms with Gasteiger partial charge in [-0.15, -0.1) is 0 Å². The summed E-state index contributed by atoms with van der Waals surface area (Å²) in [6, 6.07) is 9.97. The molecule has 0 aliphatic rings. The third kappa shape index (κ3) is 3.05. The van der Waals surface area contributed by atoms with E-state index in [0.29, 0.717) is 6.54 Å². The molecule has 0 radical (unpaired) electrons. The smallest absolute Gasteiger partial charge is 0.0672 e. The zero-order valence-corrected chi connectivity index (χ0v) is 6.92. The Morgan fingerprint density at radius 3 is 2.64 bits per heavy atom. The van der Waals surface area contributed by atoms with Crippen molar-refractivity contribution in [3.63, 3.8) is 0 Å². The number of aliphatic imine (C=N–C) groups is 1. The third-order valence-electron chi connectivity index (χ3n) is 1.22. The molecule has 1 aromatic carbocycles. The zero-order chi connectivity index (χ0) is 7.94. The van der Waals surface area contributed by atoms with Crippen molar-refractivity contribution in [2.45, 2.75) is 0 Å². The van der Waals surface area contributed by atoms with Gasteiger partial charge in [0.2, 0.25) is 0 Å². The second-order valence-corrected chi connectivity index (χ2v) is 2.40. The van der Waals surface area contributed by atoms with Crippen LogP contribution in [0.15, 0.2) is 35.3 Å². The fourth-order valence-electron chi connectivity index (χ4n) is 0.740. The molecule has 1 nitrogen and oxygen atoms in total. The van der Waals surface area contributed by atoms with Crippen LogP contribution in [0.25, 0.3) is 0 Å². The molecule has 0 aliphatic heterocycles. The molecule has 11 heavy (non-hydrogen) atoms. The monoisotopic (exact) mass is 163 g/mol. The minimum absolute atomic E-state index is 0.615. The average Bonchev–Trinajstić information content (AvgIpc) is 2.07. The Labute approximate surface area is 71.8 Å². The van der Waals surface area contributed by atoms with E-state index >= 15 is 0 Å². The topological polar surface area (TPSA) is 12.4 Å². The highest BCUT2D eigenvalue weighted by Gasteiger charge is 1.80. The summed E-state index contributed by atoms with van der Waals surface area (Å²) in [4.78, 5) is 4.08. The molecule has 0 atom stereocenters. The highest BCUT2D eigenvalue weighted by molar-refractivity contribution is 7.79. The summed E-state index contributed by atoms with van der Waals surface area (Å²) < 4.78 is 0. The van der Waals surface area contributed by atoms with Gasteiger partial charge in [0.25, 0.3) is 0 Å². The lowest BCUT2D eigenvalue weighted by molar-refractivity contribution is 1.36. The number of rotatable bonds is 3. The highest BCUT2D eigenvalue weighted by atomic mass is 32.1. The number of hydrogen-bond acceptors (Lipinski definition) is 2. The average molecular weight is 163 g/mol. The summed E-state index contributed by atoms with van der Waals surface area (Å²) in [5.41, 5.74) is 1.12. The standard InChI is InChI=1S/C9H9NS/c11-7-6-10-8-9-4-2-1-3-5-9/h1-5,7-8H,6H2. The molecule has 1 rings (SSSR count). The zero-order valence-electron chi connectivity index (χ0n) is 6.10. The molecule has 0 saturated heterocycles. The van der Waals surface area contributed by atoms with E-state index in [-0.39, 0.29) is 0 Å². The van der Waals surface area contributed by atoms with Gasteiger partial charge < -0.3 is 0 Å². The van der Waals surface area contributed by atoms with Crippen LogP contribution in [-0.2, 0) is 0 Å². The normalized spacial score (nSPS) is 10.2. The van der Waals surface area contributed by atoms with Gasteiger partial charge in [0, 0.05) is 11.6 Å². The predicted molar refractivity (Wildman–Crippen MR) is 52.6 cm³/mol. The lowest BCUT2D eigenvalue weighted by Gasteiger charge is -1.88. The lowest BCUT2D eigenvalue weighted by atomic mass is 10.2. The molecule has 56 valence electrons. The molecule has 0 aromatic heterocycles. The van der Waals surface area contributed by atoms with Crippen molar-refractivity contribution in [2.75, 3.05) is 6.54 Å². The Hall–Kier alpha value is -1.02. The predicted octanol–water partition coefficient (Wildman–Crippen LogP) is 2.11. The number of hydrogen-bond donors (Lipinski definition) is 0. The maximum absolute atomic E-state index is 4.63. The molecular formula is C9H9NS. The molecule has 1 aromatic rings. The summed E-state index contributed by atoms with van der Waals surface area (Å²) >= 11 is 4.63. The molecule has 0 aliphatic carbocycles. The molecule has 0 spiro atoms. The van der Waals surface area contributed by atoms with Crippen LogP contribution in [0, 0.1) is 0 Å². The minimum atomic E-state index is 0.615. The first-order valence-electron chi connectivity index (χ1n) is 3.42. The second kappa shape index (κ2) is 4.74. The Morgan fingerprint density at radius 1 is 1.27 bits per heavy atom. The first-order valence-corrected chi connectivity index (χ1v) is 3.89. The first-order chi connectivity index (χ1) is 5.43. The SMILES string of the molecule is S=CCN=Cc1ccccc1. The van der Waals surface area contributed by atoms with E-state index < -0.39 is 0 Å². The van der Waals surface area contributed by atoms with Gasteiger partial charge in [-0.1, -0.05) is 42.5 Å². The van der Waals surface area contributed by atoms with Gasteiger partial charge in [0.15, 0.2) is 0 Å². The van der Waals surface area contributed by atoms with Crippen molar-refractivity contribution in [1.29, 1.82) is 0 Å². The van der Waals surface area contributed by atoms with E-state index in [9.17, 15) is 0 Å². The van der Waals surface area contributed by atoms with Crippen LogP contribution in [0.3, 0.4) is 0 Å². The number of benzene rings is 1. The maximum Gasteiger partial charge on any atom is 0.0672 e. The van der Waals surface area contributed by atoms with E-state index in [2.05, 4.69) is 17.2 Å².